The number of hydrogen-bond acceptors (Lipinski definition) is 2. The maximum absolute atomic E-state index is 4.84. The number of quaternary nitrogens is 1. The molecule has 0 aliphatic heterocycles. The Hall–Kier alpha value is -2.13. The van der Waals surface area contributed by atoms with E-state index < -0.39 is 0 Å². The monoisotopic (exact) mass is 336 g/mol. The van der Waals surface area contributed by atoms with E-state index in [-0.39, 0.29) is 6.04 Å². The number of rotatable bonds is 5. The molecule has 25 heavy (non-hydrogen) atoms. The first-order chi connectivity index (χ1) is 11.9. The lowest BCUT2D eigenvalue weighted by Crippen LogP contribution is -2.82. The number of anilines is 1. The van der Waals surface area contributed by atoms with Crippen molar-refractivity contribution >= 4 is 33.9 Å². The molecule has 0 aromatic heterocycles. The largest absolute Gasteiger partial charge is 0.382 e. The summed E-state index contributed by atoms with van der Waals surface area (Å²) in [6.07, 6.45) is 4.38. The van der Waals surface area contributed by atoms with Crippen molar-refractivity contribution in [3.63, 3.8) is 0 Å². The van der Waals surface area contributed by atoms with Crippen LogP contribution in [0.25, 0.3) is 16.8 Å². The van der Waals surface area contributed by atoms with Gasteiger partial charge in [0, 0.05) is 45.7 Å². The molecule has 3 nitrogen and oxygen atoms in total. The fourth-order valence-electron chi connectivity index (χ4n) is 3.47. The van der Waals surface area contributed by atoms with Crippen LogP contribution in [0.2, 0.25) is 0 Å². The van der Waals surface area contributed by atoms with Crippen molar-refractivity contribution in [2.45, 2.75) is 59.7 Å². The summed E-state index contributed by atoms with van der Waals surface area (Å²) in [5, 5.41) is 8.57. The summed E-state index contributed by atoms with van der Waals surface area (Å²) in [4.78, 5) is 4.84. The molecule has 0 amide bonds. The van der Waals surface area contributed by atoms with Crippen LogP contribution < -0.4 is 10.6 Å². The van der Waals surface area contributed by atoms with Crippen molar-refractivity contribution in [2.24, 2.45) is 4.99 Å². The molecular weight excluding hydrogens is 306 g/mol. The quantitative estimate of drug-likeness (QED) is 0.776. The van der Waals surface area contributed by atoms with E-state index in [9.17, 15) is 0 Å². The number of nitrogens with zero attached hydrogens (tertiary/aromatic N) is 1. The molecule has 0 saturated heterocycles. The van der Waals surface area contributed by atoms with Crippen LogP contribution in [-0.2, 0) is 0 Å². The molecule has 0 unspecified atom stereocenters. The first-order valence-corrected chi connectivity index (χ1v) is 9.34. The molecule has 0 bridgehead atoms. The van der Waals surface area contributed by atoms with Gasteiger partial charge in [0.15, 0.2) is 0 Å². The standard InChI is InChI=1S/C22H29N3/c1-13(2)23-19-10-7-17-21(25-15(5)6)12-9-18-20(24-14(3)4)11-8-16(19)22(17)18/h7-15,23-24H,1-6H3/p+1. The summed E-state index contributed by atoms with van der Waals surface area (Å²) in [7, 11) is 0. The second-order valence-corrected chi connectivity index (χ2v) is 7.80. The van der Waals surface area contributed by atoms with Gasteiger partial charge in [0.1, 0.15) is 5.69 Å². The van der Waals surface area contributed by atoms with Crippen molar-refractivity contribution in [3.8, 4) is 0 Å². The second-order valence-electron chi connectivity index (χ2n) is 7.80. The van der Waals surface area contributed by atoms with E-state index in [1.807, 2.05) is 0 Å². The molecule has 0 fully saturated rings. The summed E-state index contributed by atoms with van der Waals surface area (Å²) in [6.45, 7) is 13.1. The number of aliphatic imine (C=N–C) groups is 1. The highest BCUT2D eigenvalue weighted by Gasteiger charge is 2.20. The zero-order chi connectivity index (χ0) is 18.1. The third-order valence-corrected chi connectivity index (χ3v) is 4.29. The van der Waals surface area contributed by atoms with E-state index in [1.165, 1.54) is 33.3 Å². The number of benzene rings is 2. The van der Waals surface area contributed by atoms with Gasteiger partial charge < -0.3 is 10.6 Å². The molecule has 2 aromatic carbocycles. The molecule has 0 radical (unpaired) electrons. The van der Waals surface area contributed by atoms with E-state index in [4.69, 9.17) is 4.99 Å². The predicted molar refractivity (Wildman–Crippen MR) is 110 cm³/mol. The Morgan fingerprint density at radius 2 is 1.68 bits per heavy atom. The Balaban J connectivity index is 2.28. The zero-order valence-electron chi connectivity index (χ0n) is 16.2. The highest BCUT2D eigenvalue weighted by molar-refractivity contribution is 6.24. The molecule has 0 heterocycles. The van der Waals surface area contributed by atoms with Crippen LogP contribution in [0.15, 0.2) is 35.3 Å². The summed E-state index contributed by atoms with van der Waals surface area (Å²) in [5.41, 5.74) is 6.12. The number of nitrogens with two attached hydrogens (primary N) is 1. The number of hydrogen-bond donors (Lipinski definition) is 2. The Labute approximate surface area is 151 Å². The number of allylic oxidation sites excluding steroid dienone is 1. The third-order valence-electron chi connectivity index (χ3n) is 4.29. The Morgan fingerprint density at radius 3 is 2.32 bits per heavy atom. The predicted octanol–water partition coefficient (Wildman–Crippen LogP) is 4.49. The lowest BCUT2D eigenvalue weighted by atomic mass is 9.89. The first kappa shape index (κ1) is 17.7. The van der Waals surface area contributed by atoms with Crippen molar-refractivity contribution in [2.75, 3.05) is 5.32 Å². The van der Waals surface area contributed by atoms with Gasteiger partial charge in [0.25, 0.3) is 0 Å². The summed E-state index contributed by atoms with van der Waals surface area (Å²) >= 11 is 0. The van der Waals surface area contributed by atoms with E-state index in [2.05, 4.69) is 88.6 Å². The highest BCUT2D eigenvalue weighted by Crippen LogP contribution is 2.36. The van der Waals surface area contributed by atoms with Gasteiger partial charge in [-0.25, -0.2) is 0 Å². The SMILES string of the molecule is CC(C)N=C1C=Cc2c(NC(C)C)ccc3c([NH2+]C(C)C)ccc1c23. The van der Waals surface area contributed by atoms with Gasteiger partial charge in [0.05, 0.1) is 11.8 Å². The minimum Gasteiger partial charge on any atom is -0.382 e. The van der Waals surface area contributed by atoms with Crippen LogP contribution in [0.5, 0.6) is 0 Å². The van der Waals surface area contributed by atoms with Gasteiger partial charge in [-0.15, -0.1) is 0 Å². The normalized spacial score (nSPS) is 15.2. The van der Waals surface area contributed by atoms with Crippen LogP contribution in [0, 0.1) is 0 Å². The fourth-order valence-corrected chi connectivity index (χ4v) is 3.47. The molecule has 3 heteroatoms. The first-order valence-electron chi connectivity index (χ1n) is 9.34. The molecule has 132 valence electrons. The molecule has 0 saturated carbocycles. The van der Waals surface area contributed by atoms with E-state index >= 15 is 0 Å². The zero-order valence-corrected chi connectivity index (χ0v) is 16.2. The van der Waals surface area contributed by atoms with Gasteiger partial charge in [0.2, 0.25) is 0 Å². The van der Waals surface area contributed by atoms with Gasteiger partial charge in [-0.2, -0.15) is 0 Å². The summed E-state index contributed by atoms with van der Waals surface area (Å²) in [5.74, 6) is 0. The molecule has 1 aliphatic carbocycles. The molecule has 0 atom stereocenters. The van der Waals surface area contributed by atoms with Gasteiger partial charge in [-0.3, -0.25) is 4.99 Å². The lowest BCUT2D eigenvalue weighted by Gasteiger charge is -2.21. The summed E-state index contributed by atoms with van der Waals surface area (Å²) < 4.78 is 0. The molecule has 3 N–H and O–H groups in total. The van der Waals surface area contributed by atoms with Gasteiger partial charge >= 0.3 is 0 Å². The maximum Gasteiger partial charge on any atom is 0.137 e. The van der Waals surface area contributed by atoms with E-state index in [1.54, 1.807) is 0 Å². The Kier molecular flexibility index (Phi) is 4.96. The molecular formula is C22H30N3+. The summed E-state index contributed by atoms with van der Waals surface area (Å²) in [6, 6.07) is 10.2. The van der Waals surface area contributed by atoms with Crippen molar-refractivity contribution < 1.29 is 5.32 Å². The Morgan fingerprint density at radius 1 is 0.920 bits per heavy atom. The minimum atomic E-state index is 0.287. The fraction of sp³-hybridized carbons (Fsp3) is 0.409. The molecule has 2 aromatic rings. The van der Waals surface area contributed by atoms with Crippen LogP contribution in [-0.4, -0.2) is 23.8 Å². The smallest absolute Gasteiger partial charge is 0.137 e. The topological polar surface area (TPSA) is 41.0 Å². The van der Waals surface area contributed by atoms with Crippen molar-refractivity contribution in [1.29, 1.82) is 0 Å². The lowest BCUT2D eigenvalue weighted by molar-refractivity contribution is -0.601. The highest BCUT2D eigenvalue weighted by atomic mass is 14.9. The van der Waals surface area contributed by atoms with Crippen molar-refractivity contribution in [1.82, 2.24) is 0 Å². The average Bonchev–Trinajstić information content (AvgIpc) is 2.51. The third kappa shape index (κ3) is 3.62. The van der Waals surface area contributed by atoms with Crippen LogP contribution in [0.1, 0.15) is 52.7 Å². The molecule has 3 rings (SSSR count). The van der Waals surface area contributed by atoms with Crippen LogP contribution in [0.4, 0.5) is 11.4 Å². The minimum absolute atomic E-state index is 0.287. The average molecular weight is 337 g/mol. The van der Waals surface area contributed by atoms with E-state index in [0.717, 1.165) is 5.71 Å². The number of nitrogens with one attached hydrogen (secondary N) is 1. The Bertz CT molecular complexity index is 842. The molecule has 0 spiro atoms. The van der Waals surface area contributed by atoms with Gasteiger partial charge in [-0.1, -0.05) is 6.08 Å². The van der Waals surface area contributed by atoms with Gasteiger partial charge in [-0.05, 0) is 65.8 Å². The van der Waals surface area contributed by atoms with E-state index in [0.29, 0.717) is 12.1 Å². The maximum atomic E-state index is 4.84. The van der Waals surface area contributed by atoms with Crippen molar-refractivity contribution in [3.05, 3.63) is 41.5 Å². The van der Waals surface area contributed by atoms with Crippen LogP contribution in [0.3, 0.4) is 0 Å². The van der Waals surface area contributed by atoms with Crippen LogP contribution >= 0.6 is 0 Å². The molecule has 1 aliphatic rings. The second kappa shape index (κ2) is 7.01.